The molecule has 0 bridgehead atoms. The minimum Gasteiger partial charge on any atom is -0.492 e. The maximum atomic E-state index is 13.3. The van der Waals surface area contributed by atoms with Crippen LogP contribution in [0.1, 0.15) is 31.2 Å². The van der Waals surface area contributed by atoms with Crippen molar-refractivity contribution in [2.75, 3.05) is 13.2 Å². The molecular weight excluding hydrogens is 285 g/mol. The molecule has 1 aromatic rings. The number of halogens is 1. The predicted octanol–water partition coefficient (Wildman–Crippen LogP) is 2.04. The topological polar surface area (TPSA) is 58.6 Å². The summed E-state index contributed by atoms with van der Waals surface area (Å²) in [6.45, 7) is 0.432. The fraction of sp³-hybridized carbons (Fsp3) is 0.588. The van der Waals surface area contributed by atoms with Gasteiger partial charge in [0.2, 0.25) is 5.91 Å². The van der Waals surface area contributed by atoms with Crippen LogP contribution in [0.4, 0.5) is 4.39 Å². The molecule has 1 fully saturated rings. The summed E-state index contributed by atoms with van der Waals surface area (Å²) in [6.07, 6.45) is 4.55. The number of carbonyl (C=O) groups is 1. The summed E-state index contributed by atoms with van der Waals surface area (Å²) in [5.74, 6) is 0.148. The molecule has 2 aliphatic rings. The Morgan fingerprint density at radius 2 is 2.18 bits per heavy atom. The van der Waals surface area contributed by atoms with Gasteiger partial charge in [-0.3, -0.25) is 4.79 Å². The monoisotopic (exact) mass is 307 g/mol. The third-order valence-corrected chi connectivity index (χ3v) is 4.77. The van der Waals surface area contributed by atoms with E-state index in [4.69, 9.17) is 4.74 Å². The van der Waals surface area contributed by atoms with Crippen LogP contribution in [0.2, 0.25) is 0 Å². The Kier molecular flexibility index (Phi) is 4.62. The number of hydrogen-bond donors (Lipinski definition) is 2. The van der Waals surface area contributed by atoms with Gasteiger partial charge >= 0.3 is 0 Å². The quantitative estimate of drug-likeness (QED) is 0.898. The Labute approximate surface area is 129 Å². The average Bonchev–Trinajstić information content (AvgIpc) is 2.54. The lowest BCUT2D eigenvalue weighted by Gasteiger charge is -2.33. The van der Waals surface area contributed by atoms with Crippen molar-refractivity contribution in [1.82, 2.24) is 5.32 Å². The zero-order chi connectivity index (χ0) is 15.5. The first-order valence-electron chi connectivity index (χ1n) is 8.00. The van der Waals surface area contributed by atoms with Crippen molar-refractivity contribution in [3.63, 3.8) is 0 Å². The lowest BCUT2D eigenvalue weighted by atomic mass is 9.84. The molecule has 1 aliphatic carbocycles. The summed E-state index contributed by atoms with van der Waals surface area (Å²) in [4.78, 5) is 12.5. The number of ether oxygens (including phenoxy) is 1. The lowest BCUT2D eigenvalue weighted by Crippen LogP contribution is -2.47. The number of benzene rings is 1. The van der Waals surface area contributed by atoms with Crippen molar-refractivity contribution in [1.29, 1.82) is 0 Å². The largest absolute Gasteiger partial charge is 0.492 e. The van der Waals surface area contributed by atoms with Crippen LogP contribution >= 0.6 is 0 Å². The smallest absolute Gasteiger partial charge is 0.227 e. The fourth-order valence-electron chi connectivity index (χ4n) is 3.45. The highest BCUT2D eigenvalue weighted by molar-refractivity contribution is 5.80. The van der Waals surface area contributed by atoms with Gasteiger partial charge in [0, 0.05) is 18.6 Å². The Balaban J connectivity index is 1.63. The summed E-state index contributed by atoms with van der Waals surface area (Å²) in [5, 5.41) is 12.5. The number of aliphatic hydroxyl groups is 1. The molecule has 1 aliphatic heterocycles. The molecule has 0 saturated heterocycles. The maximum absolute atomic E-state index is 13.3. The van der Waals surface area contributed by atoms with Gasteiger partial charge in [0.05, 0.1) is 5.92 Å². The molecule has 1 aromatic carbocycles. The van der Waals surface area contributed by atoms with Crippen LogP contribution in [0.25, 0.3) is 0 Å². The van der Waals surface area contributed by atoms with Gasteiger partial charge in [-0.2, -0.15) is 0 Å². The van der Waals surface area contributed by atoms with Gasteiger partial charge < -0.3 is 15.2 Å². The average molecular weight is 307 g/mol. The second-order valence-corrected chi connectivity index (χ2v) is 6.31. The molecular formula is C17H22FNO3. The number of carbonyl (C=O) groups excluding carboxylic acids is 1. The van der Waals surface area contributed by atoms with Crippen LogP contribution in [-0.2, 0) is 11.2 Å². The molecule has 22 heavy (non-hydrogen) atoms. The molecule has 0 radical (unpaired) electrons. The number of hydrogen-bond acceptors (Lipinski definition) is 3. The first-order valence-corrected chi connectivity index (χ1v) is 8.00. The van der Waals surface area contributed by atoms with Gasteiger partial charge in [0.1, 0.15) is 18.2 Å². The standard InChI is InChI=1S/C17H22FNO3/c18-14-5-6-16-12(8-14)7-13(10-22-16)17(21)19-15-4-2-1-3-11(15)9-20/h5-6,8,11,13,15,20H,1-4,7,9-10H2,(H,19,21). The first-order chi connectivity index (χ1) is 10.7. The Morgan fingerprint density at radius 1 is 1.36 bits per heavy atom. The van der Waals surface area contributed by atoms with E-state index in [2.05, 4.69) is 5.32 Å². The highest BCUT2D eigenvalue weighted by Gasteiger charge is 2.31. The number of aliphatic hydroxyl groups excluding tert-OH is 1. The fourth-order valence-corrected chi connectivity index (χ4v) is 3.45. The normalized spacial score (nSPS) is 27.6. The highest BCUT2D eigenvalue weighted by atomic mass is 19.1. The summed E-state index contributed by atoms with van der Waals surface area (Å²) < 4.78 is 18.9. The van der Waals surface area contributed by atoms with E-state index in [9.17, 15) is 14.3 Å². The summed E-state index contributed by atoms with van der Waals surface area (Å²) in [5.41, 5.74) is 0.744. The molecule has 120 valence electrons. The molecule has 1 heterocycles. The van der Waals surface area contributed by atoms with Gasteiger partial charge in [-0.1, -0.05) is 12.8 Å². The van der Waals surface area contributed by atoms with E-state index >= 15 is 0 Å². The second kappa shape index (κ2) is 6.65. The maximum Gasteiger partial charge on any atom is 0.227 e. The Hall–Kier alpha value is -1.62. The van der Waals surface area contributed by atoms with E-state index in [-0.39, 0.29) is 36.2 Å². The summed E-state index contributed by atoms with van der Waals surface area (Å²) >= 11 is 0. The number of amides is 1. The molecule has 0 aromatic heterocycles. The number of nitrogens with one attached hydrogen (secondary N) is 1. The molecule has 3 unspecified atom stereocenters. The van der Waals surface area contributed by atoms with Crippen molar-refractivity contribution >= 4 is 5.91 Å². The van der Waals surface area contributed by atoms with Crippen molar-refractivity contribution in [3.05, 3.63) is 29.6 Å². The summed E-state index contributed by atoms with van der Waals surface area (Å²) in [6, 6.07) is 4.46. The third kappa shape index (κ3) is 3.24. The van der Waals surface area contributed by atoms with E-state index < -0.39 is 0 Å². The predicted molar refractivity (Wildman–Crippen MR) is 80.1 cm³/mol. The zero-order valence-electron chi connectivity index (χ0n) is 12.6. The van der Waals surface area contributed by atoms with Gasteiger partial charge in [-0.25, -0.2) is 4.39 Å². The second-order valence-electron chi connectivity index (χ2n) is 6.31. The Morgan fingerprint density at radius 3 is 3.00 bits per heavy atom. The van der Waals surface area contributed by atoms with E-state index in [0.717, 1.165) is 31.2 Å². The van der Waals surface area contributed by atoms with Crippen LogP contribution in [-0.4, -0.2) is 30.3 Å². The lowest BCUT2D eigenvalue weighted by molar-refractivity contribution is -0.127. The minimum atomic E-state index is -0.309. The molecule has 3 atom stereocenters. The highest BCUT2D eigenvalue weighted by Crippen LogP contribution is 2.29. The molecule has 1 saturated carbocycles. The summed E-state index contributed by atoms with van der Waals surface area (Å²) in [7, 11) is 0. The van der Waals surface area contributed by atoms with Gasteiger partial charge in [0.15, 0.2) is 0 Å². The van der Waals surface area contributed by atoms with Gasteiger partial charge in [-0.15, -0.1) is 0 Å². The van der Waals surface area contributed by atoms with E-state index in [0.29, 0.717) is 18.8 Å². The minimum absolute atomic E-state index is 0.0418. The van der Waals surface area contributed by atoms with Crippen molar-refractivity contribution in [2.45, 2.75) is 38.1 Å². The number of fused-ring (bicyclic) bond motifs is 1. The molecule has 3 rings (SSSR count). The molecule has 5 heteroatoms. The van der Waals surface area contributed by atoms with Crippen LogP contribution in [0, 0.1) is 17.7 Å². The van der Waals surface area contributed by atoms with Gasteiger partial charge in [0.25, 0.3) is 0 Å². The van der Waals surface area contributed by atoms with Crippen LogP contribution in [0.3, 0.4) is 0 Å². The molecule has 4 nitrogen and oxygen atoms in total. The van der Waals surface area contributed by atoms with Crippen molar-refractivity contribution < 1.29 is 19.0 Å². The van der Waals surface area contributed by atoms with Crippen LogP contribution in [0.15, 0.2) is 18.2 Å². The van der Waals surface area contributed by atoms with Crippen LogP contribution in [0.5, 0.6) is 5.75 Å². The van der Waals surface area contributed by atoms with E-state index in [1.807, 2.05) is 0 Å². The van der Waals surface area contributed by atoms with E-state index in [1.165, 1.54) is 12.1 Å². The SMILES string of the molecule is O=C(NC1CCCCC1CO)C1COc2ccc(F)cc2C1. The number of rotatable bonds is 3. The third-order valence-electron chi connectivity index (χ3n) is 4.77. The van der Waals surface area contributed by atoms with Gasteiger partial charge in [-0.05, 0) is 43.0 Å². The first kappa shape index (κ1) is 15.3. The Bertz CT molecular complexity index is 549. The molecule has 0 spiro atoms. The van der Waals surface area contributed by atoms with Crippen molar-refractivity contribution in [3.8, 4) is 5.75 Å². The molecule has 1 amide bonds. The van der Waals surface area contributed by atoms with E-state index in [1.54, 1.807) is 6.07 Å². The van der Waals surface area contributed by atoms with Crippen molar-refractivity contribution in [2.24, 2.45) is 11.8 Å². The van der Waals surface area contributed by atoms with Crippen LogP contribution < -0.4 is 10.1 Å². The molecule has 2 N–H and O–H groups in total. The zero-order valence-corrected chi connectivity index (χ0v) is 12.6.